The minimum absolute atomic E-state index is 0.106. The highest BCUT2D eigenvalue weighted by Gasteiger charge is 2.48. The first-order valence-electron chi connectivity index (χ1n) is 14.0. The number of hydrogen-bond donors (Lipinski definition) is 1. The van der Waals surface area contributed by atoms with Gasteiger partial charge in [-0.25, -0.2) is 9.97 Å². The summed E-state index contributed by atoms with van der Waals surface area (Å²) in [5.74, 6) is 2.09. The van der Waals surface area contributed by atoms with Crippen LogP contribution in [0.1, 0.15) is 33.9 Å². The molecule has 0 amide bonds. The Kier molecular flexibility index (Phi) is 6.59. The Labute approximate surface area is 249 Å². The quantitative estimate of drug-likeness (QED) is 0.264. The number of H-pyrrole nitrogens is 1. The summed E-state index contributed by atoms with van der Waals surface area (Å²) in [7, 11) is 1.67. The number of nitrogens with zero attached hydrogens (tertiary/aromatic N) is 7. The van der Waals surface area contributed by atoms with E-state index in [0.717, 1.165) is 84.1 Å². The lowest BCUT2D eigenvalue weighted by atomic mass is 9.79. The molecule has 0 aliphatic carbocycles. The second-order valence-electron chi connectivity index (χ2n) is 11.7. The predicted octanol–water partition coefficient (Wildman–Crippen LogP) is 5.42. The van der Waals surface area contributed by atoms with Crippen LogP contribution in [-0.2, 0) is 19.5 Å². The van der Waals surface area contributed by atoms with E-state index in [-0.39, 0.29) is 10.3 Å². The highest BCUT2D eigenvalue weighted by Crippen LogP contribution is 2.44. The van der Waals surface area contributed by atoms with Crippen LogP contribution in [0, 0.1) is 23.7 Å². The van der Waals surface area contributed by atoms with Gasteiger partial charge in [0.15, 0.2) is 0 Å². The highest BCUT2D eigenvalue weighted by molar-refractivity contribution is 7.18. The minimum atomic E-state index is -4.26. The number of halogens is 3. The number of rotatable bonds is 7. The third-order valence-electron chi connectivity index (χ3n) is 8.47. The molecule has 5 aromatic rings. The zero-order valence-corrected chi connectivity index (χ0v) is 24.5. The minimum Gasteiger partial charge on any atom is -0.496 e. The van der Waals surface area contributed by atoms with Crippen LogP contribution in [0.4, 0.5) is 19.0 Å². The van der Waals surface area contributed by atoms with Gasteiger partial charge >= 0.3 is 6.18 Å². The second kappa shape index (κ2) is 10.2. The first kappa shape index (κ1) is 27.7. The fourth-order valence-electron chi connectivity index (χ4n) is 6.68. The van der Waals surface area contributed by atoms with Crippen molar-refractivity contribution in [1.82, 2.24) is 29.6 Å². The van der Waals surface area contributed by atoms with Gasteiger partial charge in [0.05, 0.1) is 37.2 Å². The number of aromatic amines is 1. The molecular formula is C30H29F3N8OS. The fraction of sp³-hybridized carbons (Fsp3) is 0.400. The molecule has 0 atom stereocenters. The van der Waals surface area contributed by atoms with Gasteiger partial charge in [0.1, 0.15) is 34.0 Å². The van der Waals surface area contributed by atoms with E-state index in [1.165, 1.54) is 0 Å². The molecule has 1 aromatic carbocycles. The number of aromatic nitrogens is 5. The topological polar surface area (TPSA) is 98.9 Å². The Morgan fingerprint density at radius 2 is 1.98 bits per heavy atom. The summed E-state index contributed by atoms with van der Waals surface area (Å²) in [6.45, 7) is 6.47. The van der Waals surface area contributed by atoms with Crippen LogP contribution in [0.5, 0.6) is 5.75 Å². The van der Waals surface area contributed by atoms with Gasteiger partial charge < -0.3 is 14.2 Å². The van der Waals surface area contributed by atoms with Crippen LogP contribution in [0.2, 0.25) is 0 Å². The Hall–Kier alpha value is -4.15. The van der Waals surface area contributed by atoms with E-state index in [4.69, 9.17) is 4.74 Å². The molecule has 222 valence electrons. The SMILES string of the molecule is COc1cc2c(cc1CN1CC3(CCN(c4nc(C)nc5sc(CC(F)(F)F)cc45)C3)C1)cc(C#N)n2Cc1cn[nH]c1. The molecule has 4 aromatic heterocycles. The molecule has 7 rings (SSSR count). The summed E-state index contributed by atoms with van der Waals surface area (Å²) < 4.78 is 46.9. The molecule has 0 saturated carbocycles. The maximum atomic E-state index is 13.1. The number of likely N-dealkylation sites (tertiary alicyclic amines) is 1. The summed E-state index contributed by atoms with van der Waals surface area (Å²) in [6, 6.07) is 9.96. The first-order chi connectivity index (χ1) is 20.6. The molecule has 0 radical (unpaired) electrons. The average molecular weight is 607 g/mol. The standard InChI is InChI=1S/C30H29F3N8OS/c1-18-37-27(24-7-23(9-30(31,32)33)43-28(24)38-18)40-4-3-29(17-40)15-39(16-29)14-21-5-20-6-22(10-34)41(13-19-11-35-36-12-19)25(20)8-26(21)42-2/h5-8,11-12H,3-4,9,13-17H2,1-2H3,(H,35,36). The normalized spacial score (nSPS) is 16.8. The Bertz CT molecular complexity index is 1860. The summed E-state index contributed by atoms with van der Waals surface area (Å²) in [5, 5.41) is 18.3. The number of benzene rings is 1. The molecule has 13 heteroatoms. The first-order valence-corrected chi connectivity index (χ1v) is 14.8. The summed E-state index contributed by atoms with van der Waals surface area (Å²) in [4.78, 5) is 14.6. The van der Waals surface area contributed by atoms with Crippen molar-refractivity contribution < 1.29 is 17.9 Å². The zero-order valence-electron chi connectivity index (χ0n) is 23.7. The van der Waals surface area contributed by atoms with Crippen LogP contribution >= 0.6 is 11.3 Å². The smallest absolute Gasteiger partial charge is 0.393 e. The molecule has 2 aliphatic heterocycles. The number of aryl methyl sites for hydroxylation is 1. The molecule has 0 unspecified atom stereocenters. The van der Waals surface area contributed by atoms with Gasteiger partial charge in [-0.15, -0.1) is 11.3 Å². The van der Waals surface area contributed by atoms with E-state index >= 15 is 0 Å². The molecule has 43 heavy (non-hydrogen) atoms. The third kappa shape index (κ3) is 5.19. The Balaban J connectivity index is 1.07. The number of nitriles is 1. The fourth-order valence-corrected chi connectivity index (χ4v) is 7.77. The highest BCUT2D eigenvalue weighted by atomic mass is 32.1. The van der Waals surface area contributed by atoms with Gasteiger partial charge in [-0.3, -0.25) is 10.00 Å². The maximum Gasteiger partial charge on any atom is 0.393 e. The third-order valence-corrected chi connectivity index (χ3v) is 9.50. The van der Waals surface area contributed by atoms with Crippen LogP contribution in [0.25, 0.3) is 21.1 Å². The van der Waals surface area contributed by atoms with Crippen LogP contribution < -0.4 is 9.64 Å². The number of fused-ring (bicyclic) bond motifs is 2. The van der Waals surface area contributed by atoms with Gasteiger partial charge in [0.25, 0.3) is 0 Å². The van der Waals surface area contributed by atoms with Crippen molar-refractivity contribution in [2.75, 3.05) is 38.2 Å². The molecule has 1 N–H and O–H groups in total. The number of methoxy groups -OCH3 is 1. The molecule has 2 aliphatic rings. The molecular weight excluding hydrogens is 577 g/mol. The van der Waals surface area contributed by atoms with E-state index in [0.29, 0.717) is 28.3 Å². The lowest BCUT2D eigenvalue weighted by molar-refractivity contribution is -0.126. The molecule has 0 bridgehead atoms. The van der Waals surface area contributed by atoms with Crippen LogP contribution in [0.15, 0.2) is 36.7 Å². The van der Waals surface area contributed by atoms with Crippen LogP contribution in [0.3, 0.4) is 0 Å². The van der Waals surface area contributed by atoms with E-state index in [1.807, 2.05) is 22.9 Å². The van der Waals surface area contributed by atoms with Crippen molar-refractivity contribution in [3.8, 4) is 11.8 Å². The Morgan fingerprint density at radius 3 is 2.70 bits per heavy atom. The lowest BCUT2D eigenvalue weighted by Crippen LogP contribution is -2.56. The molecule has 2 saturated heterocycles. The van der Waals surface area contributed by atoms with E-state index < -0.39 is 12.6 Å². The van der Waals surface area contributed by atoms with E-state index in [1.54, 1.807) is 26.3 Å². The number of anilines is 1. The number of hydrogen-bond acceptors (Lipinski definition) is 8. The van der Waals surface area contributed by atoms with Crippen molar-refractivity contribution in [1.29, 1.82) is 5.26 Å². The van der Waals surface area contributed by atoms with Gasteiger partial charge in [0.2, 0.25) is 0 Å². The van der Waals surface area contributed by atoms with E-state index in [2.05, 4.69) is 42.1 Å². The van der Waals surface area contributed by atoms with Crippen LogP contribution in [-0.4, -0.2) is 69.1 Å². The molecule has 6 heterocycles. The van der Waals surface area contributed by atoms with Crippen molar-refractivity contribution in [3.63, 3.8) is 0 Å². The number of ether oxygens (including phenoxy) is 1. The molecule has 1 spiro atoms. The summed E-state index contributed by atoms with van der Waals surface area (Å²) in [5.41, 5.74) is 3.66. The van der Waals surface area contributed by atoms with Gasteiger partial charge in [-0.1, -0.05) is 0 Å². The largest absolute Gasteiger partial charge is 0.496 e. The zero-order chi connectivity index (χ0) is 29.9. The second-order valence-corrected chi connectivity index (χ2v) is 12.8. The van der Waals surface area contributed by atoms with Gasteiger partial charge in [-0.2, -0.15) is 23.5 Å². The van der Waals surface area contributed by atoms with Gasteiger partial charge in [-0.05, 0) is 31.5 Å². The molecule has 2 fully saturated rings. The van der Waals surface area contributed by atoms with Crippen molar-refractivity contribution >= 4 is 38.3 Å². The number of alkyl halides is 3. The summed E-state index contributed by atoms with van der Waals surface area (Å²) >= 11 is 1.10. The predicted molar refractivity (Wildman–Crippen MR) is 157 cm³/mol. The number of nitrogens with one attached hydrogen (secondary N) is 1. The number of thiophene rings is 1. The lowest BCUT2D eigenvalue weighted by Gasteiger charge is -2.48. The maximum absolute atomic E-state index is 13.1. The summed E-state index contributed by atoms with van der Waals surface area (Å²) in [6.07, 6.45) is -0.642. The van der Waals surface area contributed by atoms with Crippen molar-refractivity contribution in [3.05, 3.63) is 64.2 Å². The monoisotopic (exact) mass is 606 g/mol. The van der Waals surface area contributed by atoms with Crippen molar-refractivity contribution in [2.24, 2.45) is 5.41 Å². The van der Waals surface area contributed by atoms with Gasteiger partial charge in [0, 0.05) is 71.8 Å². The molecule has 9 nitrogen and oxygen atoms in total. The van der Waals surface area contributed by atoms with E-state index in [9.17, 15) is 18.4 Å². The van der Waals surface area contributed by atoms with Crippen molar-refractivity contribution in [2.45, 2.75) is 39.0 Å². The Morgan fingerprint density at radius 1 is 1.14 bits per heavy atom. The average Bonchev–Trinajstić information content (AvgIpc) is 3.73.